The molecule has 0 unspecified atom stereocenters. The number of fused-ring (bicyclic) bond motifs is 4. The molecule has 0 saturated carbocycles. The van der Waals surface area contributed by atoms with Crippen molar-refractivity contribution in [3.63, 3.8) is 0 Å². The molecule has 0 bridgehead atoms. The highest BCUT2D eigenvalue weighted by atomic mass is 33.1. The second-order valence-corrected chi connectivity index (χ2v) is 13.7. The zero-order valence-corrected chi connectivity index (χ0v) is 23.3. The Bertz CT molecular complexity index is 2140. The van der Waals surface area contributed by atoms with E-state index in [1.165, 1.54) is 0 Å². The molecule has 5 heteroatoms. The third-order valence-electron chi connectivity index (χ3n) is 7.30. The molecule has 0 aliphatic heterocycles. The second kappa shape index (κ2) is 9.70. The Morgan fingerprint density at radius 2 is 1.18 bits per heavy atom. The summed E-state index contributed by atoms with van der Waals surface area (Å²) in [6.45, 7) is 1.95. The van der Waals surface area contributed by atoms with Crippen molar-refractivity contribution in [3.8, 4) is 22.3 Å². The standard InChI is InChI=1S/C35H24O3S2/c1-23-10-17-27(18-11-23)40(36,37)39-35-21-20-28(29-6-2-3-8-32(29)35)25-14-12-24(13-15-25)26-16-19-31-30-7-4-5-9-33(30)38-34(31)22-26/h2-22H,1H3. The predicted molar refractivity (Wildman–Crippen MR) is 166 cm³/mol. The zero-order valence-electron chi connectivity index (χ0n) is 21.7. The highest BCUT2D eigenvalue weighted by molar-refractivity contribution is 8.72. The lowest BCUT2D eigenvalue weighted by Gasteiger charge is -2.12. The van der Waals surface area contributed by atoms with E-state index in [1.54, 1.807) is 12.1 Å². The van der Waals surface area contributed by atoms with E-state index in [-0.39, 0.29) is 0 Å². The second-order valence-electron chi connectivity index (χ2n) is 9.89. The van der Waals surface area contributed by atoms with Crippen LogP contribution in [0.25, 0.3) is 55.0 Å². The molecule has 6 aromatic carbocycles. The third-order valence-corrected chi connectivity index (χ3v) is 10.7. The first-order chi connectivity index (χ1) is 19.5. The lowest BCUT2D eigenvalue weighted by molar-refractivity contribution is 0.610. The van der Waals surface area contributed by atoms with Crippen LogP contribution in [-0.4, -0.2) is 8.42 Å². The smallest absolute Gasteiger partial charge is 0.234 e. The van der Waals surface area contributed by atoms with Crippen molar-refractivity contribution < 1.29 is 12.8 Å². The highest BCUT2D eigenvalue weighted by Crippen LogP contribution is 2.40. The van der Waals surface area contributed by atoms with Crippen LogP contribution in [0.1, 0.15) is 5.56 Å². The van der Waals surface area contributed by atoms with E-state index in [9.17, 15) is 8.42 Å². The van der Waals surface area contributed by atoms with Gasteiger partial charge in [0.15, 0.2) is 0 Å². The fourth-order valence-corrected chi connectivity index (χ4v) is 8.18. The molecule has 0 radical (unpaired) electrons. The van der Waals surface area contributed by atoms with Gasteiger partial charge in [-0.3, -0.25) is 0 Å². The average molecular weight is 557 g/mol. The number of hydrogen-bond acceptors (Lipinski definition) is 4. The summed E-state index contributed by atoms with van der Waals surface area (Å²) in [7, 11) is -2.65. The van der Waals surface area contributed by atoms with Gasteiger partial charge in [0.25, 0.3) is 0 Å². The van der Waals surface area contributed by atoms with E-state index in [0.29, 0.717) is 4.90 Å². The van der Waals surface area contributed by atoms with E-state index in [4.69, 9.17) is 4.42 Å². The normalized spacial score (nSPS) is 11.9. The first-order valence-electron chi connectivity index (χ1n) is 13.0. The molecule has 0 aliphatic rings. The van der Waals surface area contributed by atoms with Crippen molar-refractivity contribution in [2.24, 2.45) is 0 Å². The fraction of sp³-hybridized carbons (Fsp3) is 0.0286. The first kappa shape index (κ1) is 24.7. The Morgan fingerprint density at radius 1 is 0.550 bits per heavy atom. The minimum absolute atomic E-state index is 0.313. The Hall–Kier alpha value is -4.32. The molecular weight excluding hydrogens is 533 g/mol. The summed E-state index contributed by atoms with van der Waals surface area (Å²) in [6.07, 6.45) is 0. The van der Waals surface area contributed by atoms with Gasteiger partial charge in [-0.05, 0) is 76.3 Å². The van der Waals surface area contributed by atoms with E-state index in [2.05, 4.69) is 54.6 Å². The molecule has 0 spiro atoms. The Morgan fingerprint density at radius 3 is 1.95 bits per heavy atom. The van der Waals surface area contributed by atoms with Crippen LogP contribution >= 0.6 is 10.8 Å². The van der Waals surface area contributed by atoms with Crippen LogP contribution in [-0.2, 0) is 8.87 Å². The maximum absolute atomic E-state index is 13.2. The summed E-state index contributed by atoms with van der Waals surface area (Å²) < 4.78 is 32.4. The van der Waals surface area contributed by atoms with E-state index >= 15 is 0 Å². The summed E-state index contributed by atoms with van der Waals surface area (Å²) in [4.78, 5) is 1.03. The predicted octanol–water partition coefficient (Wildman–Crippen LogP) is 9.86. The maximum atomic E-state index is 13.2. The van der Waals surface area contributed by atoms with Crippen molar-refractivity contribution in [1.82, 2.24) is 0 Å². The van der Waals surface area contributed by atoms with Gasteiger partial charge in [-0.2, -0.15) is 0 Å². The first-order valence-corrected chi connectivity index (χ1v) is 15.8. The van der Waals surface area contributed by atoms with Gasteiger partial charge in [0.2, 0.25) is 8.87 Å². The van der Waals surface area contributed by atoms with Gasteiger partial charge >= 0.3 is 0 Å². The molecule has 1 heterocycles. The van der Waals surface area contributed by atoms with Crippen LogP contribution in [0.15, 0.2) is 142 Å². The van der Waals surface area contributed by atoms with Crippen LogP contribution in [0.3, 0.4) is 0 Å². The maximum Gasteiger partial charge on any atom is 0.234 e. The number of benzene rings is 6. The molecule has 0 atom stereocenters. The molecule has 0 N–H and O–H groups in total. The monoisotopic (exact) mass is 556 g/mol. The molecule has 0 amide bonds. The van der Waals surface area contributed by atoms with Gasteiger partial charge in [0.05, 0.1) is 4.90 Å². The molecule has 0 fully saturated rings. The number of furan rings is 1. The van der Waals surface area contributed by atoms with Crippen LogP contribution in [0.5, 0.6) is 0 Å². The molecule has 3 nitrogen and oxygen atoms in total. The molecule has 1 aromatic heterocycles. The molecule has 7 aromatic rings. The van der Waals surface area contributed by atoms with Crippen molar-refractivity contribution in [2.75, 3.05) is 0 Å². The largest absolute Gasteiger partial charge is 0.456 e. The van der Waals surface area contributed by atoms with E-state index in [0.717, 1.165) is 76.2 Å². The molecule has 194 valence electrons. The Labute approximate surface area is 236 Å². The van der Waals surface area contributed by atoms with Crippen LogP contribution in [0, 0.1) is 6.92 Å². The van der Waals surface area contributed by atoms with Gasteiger partial charge in [0, 0.05) is 26.5 Å². The number of rotatable bonds is 5. The van der Waals surface area contributed by atoms with Crippen molar-refractivity contribution in [2.45, 2.75) is 16.7 Å². The lowest BCUT2D eigenvalue weighted by Crippen LogP contribution is -1.96. The molecular formula is C35H24O3S2. The number of hydrogen-bond donors (Lipinski definition) is 0. The van der Waals surface area contributed by atoms with Gasteiger partial charge in [-0.25, -0.2) is 8.42 Å². The molecule has 0 aliphatic carbocycles. The molecule has 40 heavy (non-hydrogen) atoms. The summed E-state index contributed by atoms with van der Waals surface area (Å²) in [5.74, 6) is 0. The molecule has 7 rings (SSSR count). The Kier molecular flexibility index (Phi) is 5.99. The summed E-state index contributed by atoms with van der Waals surface area (Å²) in [5, 5.41) is 4.17. The lowest BCUT2D eigenvalue weighted by atomic mass is 9.96. The van der Waals surface area contributed by atoms with Crippen molar-refractivity contribution in [1.29, 1.82) is 0 Å². The zero-order chi connectivity index (χ0) is 27.3. The van der Waals surface area contributed by atoms with Gasteiger partial charge < -0.3 is 4.42 Å². The average Bonchev–Trinajstić information content (AvgIpc) is 3.35. The third kappa shape index (κ3) is 4.37. The van der Waals surface area contributed by atoms with Crippen LogP contribution < -0.4 is 0 Å². The minimum Gasteiger partial charge on any atom is -0.456 e. The molecule has 0 saturated heterocycles. The quantitative estimate of drug-likeness (QED) is 0.198. The SMILES string of the molecule is Cc1ccc(S(=O)(=O)Sc2ccc(-c3ccc(-c4ccc5c(c4)oc4ccccc45)cc3)c3ccccc23)cc1. The Balaban J connectivity index is 1.23. The number of aryl methyl sites for hydroxylation is 1. The summed E-state index contributed by atoms with van der Waals surface area (Å²) in [5.41, 5.74) is 7.13. The van der Waals surface area contributed by atoms with E-state index < -0.39 is 8.87 Å². The topological polar surface area (TPSA) is 47.3 Å². The number of para-hydroxylation sites is 1. The highest BCUT2D eigenvalue weighted by Gasteiger charge is 2.19. The van der Waals surface area contributed by atoms with Gasteiger partial charge in [-0.15, -0.1) is 0 Å². The van der Waals surface area contributed by atoms with Gasteiger partial charge in [0.1, 0.15) is 11.2 Å². The summed E-state index contributed by atoms with van der Waals surface area (Å²) >= 11 is 0. The van der Waals surface area contributed by atoms with Crippen molar-refractivity contribution in [3.05, 3.63) is 133 Å². The summed E-state index contributed by atoms with van der Waals surface area (Å²) in [6, 6.07) is 41.8. The van der Waals surface area contributed by atoms with Gasteiger partial charge in [-0.1, -0.05) is 96.6 Å². The van der Waals surface area contributed by atoms with E-state index in [1.807, 2.05) is 67.6 Å². The van der Waals surface area contributed by atoms with Crippen LogP contribution in [0.2, 0.25) is 0 Å². The fourth-order valence-electron chi connectivity index (χ4n) is 5.21. The van der Waals surface area contributed by atoms with Crippen molar-refractivity contribution >= 4 is 52.4 Å². The minimum atomic E-state index is -3.55. The van der Waals surface area contributed by atoms with Crippen LogP contribution in [0.4, 0.5) is 0 Å².